The van der Waals surface area contributed by atoms with Crippen molar-refractivity contribution in [3.63, 3.8) is 0 Å². The normalized spacial score (nSPS) is 17.7. The van der Waals surface area contributed by atoms with E-state index in [-0.39, 0.29) is 11.9 Å². The van der Waals surface area contributed by atoms with E-state index in [1.54, 1.807) is 13.8 Å². The molecule has 5 heteroatoms. The van der Waals surface area contributed by atoms with Crippen LogP contribution < -0.4 is 10.6 Å². The molecule has 1 aliphatic carbocycles. The van der Waals surface area contributed by atoms with Crippen molar-refractivity contribution in [1.82, 2.24) is 10.6 Å². The molecule has 1 atom stereocenters. The molecule has 0 aromatic rings. The summed E-state index contributed by atoms with van der Waals surface area (Å²) in [7, 11) is 0. The number of carbonyl (C=O) groups excluding carboxylic acids is 1. The van der Waals surface area contributed by atoms with Crippen LogP contribution in [-0.4, -0.2) is 29.7 Å². The van der Waals surface area contributed by atoms with Gasteiger partial charge in [-0.05, 0) is 24.7 Å². The minimum atomic E-state index is -0.992. The number of carboxylic acids is 1. The maximum absolute atomic E-state index is 11.4. The Balaban J connectivity index is 2.27. The van der Waals surface area contributed by atoms with E-state index in [2.05, 4.69) is 10.6 Å². The van der Waals surface area contributed by atoms with Crippen LogP contribution in [0.3, 0.4) is 0 Å². The summed E-state index contributed by atoms with van der Waals surface area (Å²) in [5.74, 6) is -0.533. The molecular formula is C11H20N2O3. The van der Waals surface area contributed by atoms with Crippen molar-refractivity contribution in [3.05, 3.63) is 0 Å². The second kappa shape index (κ2) is 5.72. The van der Waals surface area contributed by atoms with Gasteiger partial charge in [0.25, 0.3) is 0 Å². The summed E-state index contributed by atoms with van der Waals surface area (Å²) in [4.78, 5) is 22.3. The van der Waals surface area contributed by atoms with Crippen molar-refractivity contribution in [1.29, 1.82) is 0 Å². The van der Waals surface area contributed by atoms with Crippen molar-refractivity contribution in [2.45, 2.75) is 39.2 Å². The van der Waals surface area contributed by atoms with Crippen molar-refractivity contribution < 1.29 is 14.7 Å². The molecule has 1 rings (SSSR count). The van der Waals surface area contributed by atoms with Crippen molar-refractivity contribution >= 4 is 12.0 Å². The molecule has 5 nitrogen and oxygen atoms in total. The summed E-state index contributed by atoms with van der Waals surface area (Å²) < 4.78 is 0. The molecule has 0 bridgehead atoms. The van der Waals surface area contributed by atoms with Crippen molar-refractivity contribution in [3.8, 4) is 0 Å². The number of nitrogens with one attached hydrogen (secondary N) is 2. The first-order valence-corrected chi connectivity index (χ1v) is 5.78. The Kier molecular flexibility index (Phi) is 4.58. The quantitative estimate of drug-likeness (QED) is 0.661. The largest absolute Gasteiger partial charge is 0.480 e. The fourth-order valence-corrected chi connectivity index (χ4v) is 1.64. The van der Waals surface area contributed by atoms with Crippen molar-refractivity contribution in [2.75, 3.05) is 6.54 Å². The molecule has 0 unspecified atom stereocenters. The predicted molar refractivity (Wildman–Crippen MR) is 60.1 cm³/mol. The summed E-state index contributed by atoms with van der Waals surface area (Å²) in [6, 6.07) is -1.20. The SMILES string of the molecule is CC(C)[C@@H](NC(=O)NCC1CCC1)C(=O)O. The summed E-state index contributed by atoms with van der Waals surface area (Å²) in [6.45, 7) is 4.19. The molecule has 0 aromatic heterocycles. The third-order valence-electron chi connectivity index (χ3n) is 3.00. The summed E-state index contributed by atoms with van der Waals surface area (Å²) >= 11 is 0. The smallest absolute Gasteiger partial charge is 0.326 e. The average Bonchev–Trinajstić information content (AvgIpc) is 2.10. The highest BCUT2D eigenvalue weighted by atomic mass is 16.4. The standard InChI is InChI=1S/C11H20N2O3/c1-7(2)9(10(14)15)13-11(16)12-6-8-4-3-5-8/h7-9H,3-6H2,1-2H3,(H,14,15)(H2,12,13,16)/t9-/m1/s1. The number of urea groups is 1. The van der Waals surface area contributed by atoms with Gasteiger partial charge in [0.2, 0.25) is 0 Å². The van der Waals surface area contributed by atoms with Gasteiger partial charge in [-0.3, -0.25) is 0 Å². The van der Waals surface area contributed by atoms with Gasteiger partial charge in [-0.1, -0.05) is 20.3 Å². The predicted octanol–water partition coefficient (Wildman–Crippen LogP) is 1.19. The Morgan fingerprint density at radius 1 is 1.38 bits per heavy atom. The number of hydrogen-bond acceptors (Lipinski definition) is 2. The monoisotopic (exact) mass is 228 g/mol. The van der Waals surface area contributed by atoms with Gasteiger partial charge in [0.05, 0.1) is 0 Å². The van der Waals surface area contributed by atoms with E-state index in [1.807, 2.05) is 0 Å². The van der Waals surface area contributed by atoms with Gasteiger partial charge in [-0.2, -0.15) is 0 Å². The molecule has 0 aromatic carbocycles. The van der Waals surface area contributed by atoms with Gasteiger partial charge >= 0.3 is 12.0 Å². The molecule has 3 N–H and O–H groups in total. The zero-order valence-electron chi connectivity index (χ0n) is 9.82. The van der Waals surface area contributed by atoms with Crippen LogP contribution in [0.1, 0.15) is 33.1 Å². The molecule has 0 radical (unpaired) electrons. The lowest BCUT2D eigenvalue weighted by Gasteiger charge is -2.26. The van der Waals surface area contributed by atoms with E-state index < -0.39 is 12.0 Å². The molecule has 0 saturated heterocycles. The summed E-state index contributed by atoms with van der Waals surface area (Å²) in [5.41, 5.74) is 0. The lowest BCUT2D eigenvalue weighted by Crippen LogP contribution is -2.49. The molecule has 2 amide bonds. The number of hydrogen-bond donors (Lipinski definition) is 3. The number of aliphatic carboxylic acids is 1. The lowest BCUT2D eigenvalue weighted by atomic mass is 9.85. The topological polar surface area (TPSA) is 78.4 Å². The van der Waals surface area contributed by atoms with E-state index >= 15 is 0 Å². The van der Waals surface area contributed by atoms with Crippen LogP contribution in [0.25, 0.3) is 0 Å². The molecule has 0 heterocycles. The van der Waals surface area contributed by atoms with Gasteiger partial charge in [-0.25, -0.2) is 9.59 Å². The highest BCUT2D eigenvalue weighted by Gasteiger charge is 2.24. The second-order valence-electron chi connectivity index (χ2n) is 4.71. The Morgan fingerprint density at radius 2 is 2.00 bits per heavy atom. The molecule has 1 aliphatic rings. The number of carbonyl (C=O) groups is 2. The highest BCUT2D eigenvalue weighted by Crippen LogP contribution is 2.24. The van der Waals surface area contributed by atoms with Crippen LogP contribution in [0.5, 0.6) is 0 Å². The molecule has 0 aliphatic heterocycles. The number of rotatable bonds is 5. The van der Waals surface area contributed by atoms with Crippen LogP contribution in [0.15, 0.2) is 0 Å². The fourth-order valence-electron chi connectivity index (χ4n) is 1.64. The van der Waals surface area contributed by atoms with Gasteiger partial charge < -0.3 is 15.7 Å². The van der Waals surface area contributed by atoms with Gasteiger partial charge in [0.15, 0.2) is 0 Å². The first-order chi connectivity index (χ1) is 7.50. The molecule has 1 saturated carbocycles. The third kappa shape index (κ3) is 3.72. The molecule has 1 fully saturated rings. The first kappa shape index (κ1) is 12.8. The summed E-state index contributed by atoms with van der Waals surface area (Å²) in [6.07, 6.45) is 3.55. The fraction of sp³-hybridized carbons (Fsp3) is 0.818. The Labute approximate surface area is 95.6 Å². The zero-order chi connectivity index (χ0) is 12.1. The van der Waals surface area contributed by atoms with E-state index in [4.69, 9.17) is 5.11 Å². The number of amides is 2. The van der Waals surface area contributed by atoms with E-state index in [0.717, 1.165) is 12.8 Å². The van der Waals surface area contributed by atoms with Gasteiger partial charge in [0.1, 0.15) is 6.04 Å². The van der Waals surface area contributed by atoms with Crippen LogP contribution >= 0.6 is 0 Å². The third-order valence-corrected chi connectivity index (χ3v) is 3.00. The van der Waals surface area contributed by atoms with E-state index in [0.29, 0.717) is 12.5 Å². The maximum Gasteiger partial charge on any atom is 0.326 e. The second-order valence-corrected chi connectivity index (χ2v) is 4.71. The highest BCUT2D eigenvalue weighted by molar-refractivity contribution is 5.82. The number of carboxylic acid groups (broad SMARTS) is 1. The molecule has 92 valence electrons. The van der Waals surface area contributed by atoms with Crippen molar-refractivity contribution in [2.24, 2.45) is 11.8 Å². The minimum Gasteiger partial charge on any atom is -0.480 e. The van der Waals surface area contributed by atoms with Gasteiger partial charge in [-0.15, -0.1) is 0 Å². The van der Waals surface area contributed by atoms with Gasteiger partial charge in [0, 0.05) is 6.54 Å². The van der Waals surface area contributed by atoms with Crippen LogP contribution in [-0.2, 0) is 4.79 Å². The first-order valence-electron chi connectivity index (χ1n) is 5.78. The Morgan fingerprint density at radius 3 is 2.38 bits per heavy atom. The molecule has 0 spiro atoms. The zero-order valence-corrected chi connectivity index (χ0v) is 9.82. The van der Waals surface area contributed by atoms with Crippen LogP contribution in [0, 0.1) is 11.8 Å². The average molecular weight is 228 g/mol. The minimum absolute atomic E-state index is 0.119. The van der Waals surface area contributed by atoms with E-state index in [1.165, 1.54) is 6.42 Å². The van der Waals surface area contributed by atoms with E-state index in [9.17, 15) is 9.59 Å². The summed E-state index contributed by atoms with van der Waals surface area (Å²) in [5, 5.41) is 14.1. The molecular weight excluding hydrogens is 208 g/mol. The van der Waals surface area contributed by atoms with Crippen LogP contribution in [0.4, 0.5) is 4.79 Å². The van der Waals surface area contributed by atoms with Crippen LogP contribution in [0.2, 0.25) is 0 Å². The molecule has 16 heavy (non-hydrogen) atoms. The Bertz CT molecular complexity index is 262. The lowest BCUT2D eigenvalue weighted by molar-refractivity contribution is -0.140. The Hall–Kier alpha value is -1.26. The maximum atomic E-state index is 11.4.